The minimum atomic E-state index is -0.749. The summed E-state index contributed by atoms with van der Waals surface area (Å²) in [6.45, 7) is 2.10. The molecule has 0 saturated carbocycles. The van der Waals surface area contributed by atoms with Gasteiger partial charge < -0.3 is 15.2 Å². The normalized spacial score (nSPS) is 12.2. The van der Waals surface area contributed by atoms with E-state index in [4.69, 9.17) is 16.3 Å². The van der Waals surface area contributed by atoms with Gasteiger partial charge in [-0.05, 0) is 25.1 Å². The Morgan fingerprint density at radius 3 is 2.91 bits per heavy atom. The average molecular weight is 324 g/mol. The molecule has 0 saturated heterocycles. The monoisotopic (exact) mass is 323 g/mol. The number of hydrogen-bond donors (Lipinski definition) is 2. The van der Waals surface area contributed by atoms with E-state index in [2.05, 4.69) is 10.4 Å². The molecule has 0 unspecified atom stereocenters. The quantitative estimate of drug-likeness (QED) is 0.846. The summed E-state index contributed by atoms with van der Waals surface area (Å²) < 4.78 is 6.41. The Balaban J connectivity index is 2.13. The summed E-state index contributed by atoms with van der Waals surface area (Å²) in [5.41, 5.74) is 1.76. The molecule has 0 aliphatic carbocycles. The molecule has 118 valence electrons. The Labute approximate surface area is 133 Å². The van der Waals surface area contributed by atoms with Crippen molar-refractivity contribution in [3.8, 4) is 5.69 Å². The maximum atomic E-state index is 12.1. The predicted octanol–water partition coefficient (Wildman–Crippen LogP) is 1.57. The molecule has 1 aromatic carbocycles. The molecule has 6 nitrogen and oxygen atoms in total. The number of hydrogen-bond acceptors (Lipinski definition) is 4. The van der Waals surface area contributed by atoms with Gasteiger partial charge in [0.25, 0.3) is 5.91 Å². The number of para-hydroxylation sites is 1. The van der Waals surface area contributed by atoms with Crippen molar-refractivity contribution in [2.75, 3.05) is 20.3 Å². The molecule has 1 heterocycles. The third-order valence-electron chi connectivity index (χ3n) is 3.06. The Kier molecular flexibility index (Phi) is 5.54. The lowest BCUT2D eigenvalue weighted by molar-refractivity contribution is 0.0608. The molecule has 1 aromatic heterocycles. The lowest BCUT2D eigenvalue weighted by Crippen LogP contribution is -2.34. The fraction of sp³-hybridized carbons (Fsp3) is 0.333. The van der Waals surface area contributed by atoms with Crippen LogP contribution < -0.4 is 5.32 Å². The van der Waals surface area contributed by atoms with Gasteiger partial charge in [0.1, 0.15) is 0 Å². The number of aliphatic hydroxyl groups is 1. The first-order chi connectivity index (χ1) is 10.5. The van der Waals surface area contributed by atoms with Crippen molar-refractivity contribution in [2.24, 2.45) is 0 Å². The highest BCUT2D eigenvalue weighted by atomic mass is 35.5. The number of aliphatic hydroxyl groups excluding tert-OH is 1. The largest absolute Gasteiger partial charge is 0.389 e. The zero-order chi connectivity index (χ0) is 16.1. The van der Waals surface area contributed by atoms with E-state index in [-0.39, 0.29) is 24.8 Å². The van der Waals surface area contributed by atoms with E-state index in [0.717, 1.165) is 5.69 Å². The molecule has 1 amide bonds. The molecule has 2 N–H and O–H groups in total. The molecule has 2 aromatic rings. The van der Waals surface area contributed by atoms with Gasteiger partial charge in [0.05, 0.1) is 23.4 Å². The minimum Gasteiger partial charge on any atom is -0.389 e. The van der Waals surface area contributed by atoms with Crippen molar-refractivity contribution in [3.63, 3.8) is 0 Å². The van der Waals surface area contributed by atoms with Crippen LogP contribution in [0, 0.1) is 6.92 Å². The van der Waals surface area contributed by atoms with Crippen LogP contribution in [0.1, 0.15) is 16.2 Å². The van der Waals surface area contributed by atoms with Gasteiger partial charge in [0, 0.05) is 19.3 Å². The molecular formula is C15H18ClN3O3. The van der Waals surface area contributed by atoms with Crippen LogP contribution in [0.3, 0.4) is 0 Å². The van der Waals surface area contributed by atoms with Crippen LogP contribution in [0.4, 0.5) is 0 Å². The number of ether oxygens (including phenoxy) is 1. The van der Waals surface area contributed by atoms with E-state index >= 15 is 0 Å². The number of nitrogens with one attached hydrogen (secondary N) is 1. The summed E-state index contributed by atoms with van der Waals surface area (Å²) in [6, 6.07) is 8.94. The molecule has 0 bridgehead atoms. The standard InChI is InChI=1S/C15H18ClN3O3/c1-10-7-13(15(21)17-8-11(20)9-22-2)18-19(10)14-6-4-3-5-12(14)16/h3-7,11,20H,8-9H2,1-2H3,(H,17,21)/t11-/m1/s1. The number of aromatic nitrogens is 2. The SMILES string of the molecule is COC[C@H](O)CNC(=O)c1cc(C)n(-c2ccccc2Cl)n1. The van der Waals surface area contributed by atoms with Crippen LogP contribution in [0.15, 0.2) is 30.3 Å². The second-order valence-corrected chi connectivity index (χ2v) is 5.26. The van der Waals surface area contributed by atoms with Crippen molar-refractivity contribution in [1.29, 1.82) is 0 Å². The maximum absolute atomic E-state index is 12.1. The molecule has 0 aliphatic heterocycles. The Morgan fingerprint density at radius 2 is 2.23 bits per heavy atom. The van der Waals surface area contributed by atoms with E-state index in [1.165, 1.54) is 7.11 Å². The number of carbonyl (C=O) groups is 1. The summed E-state index contributed by atoms with van der Waals surface area (Å²) in [5.74, 6) is -0.357. The van der Waals surface area contributed by atoms with Gasteiger partial charge in [-0.1, -0.05) is 23.7 Å². The zero-order valence-electron chi connectivity index (χ0n) is 12.4. The Hall–Kier alpha value is -1.89. The molecule has 0 radical (unpaired) electrons. The molecular weight excluding hydrogens is 306 g/mol. The number of amides is 1. The molecule has 22 heavy (non-hydrogen) atoms. The van der Waals surface area contributed by atoms with Crippen molar-refractivity contribution < 1.29 is 14.6 Å². The second-order valence-electron chi connectivity index (χ2n) is 4.85. The fourth-order valence-electron chi connectivity index (χ4n) is 2.01. The van der Waals surface area contributed by atoms with Crippen molar-refractivity contribution in [2.45, 2.75) is 13.0 Å². The van der Waals surface area contributed by atoms with Crippen LogP contribution in [0.2, 0.25) is 5.02 Å². The molecule has 7 heteroatoms. The molecule has 1 atom stereocenters. The summed E-state index contributed by atoms with van der Waals surface area (Å²) in [7, 11) is 1.49. The predicted molar refractivity (Wildman–Crippen MR) is 83.5 cm³/mol. The molecule has 0 aliphatic rings. The number of rotatable bonds is 6. The van der Waals surface area contributed by atoms with Gasteiger partial charge in [0.15, 0.2) is 5.69 Å². The number of benzene rings is 1. The summed E-state index contributed by atoms with van der Waals surface area (Å²) in [4.78, 5) is 12.1. The summed E-state index contributed by atoms with van der Waals surface area (Å²) in [6.07, 6.45) is -0.749. The summed E-state index contributed by atoms with van der Waals surface area (Å²) in [5, 5.41) is 17.0. The molecule has 0 spiro atoms. The van der Waals surface area contributed by atoms with Crippen LogP contribution in [-0.4, -0.2) is 47.2 Å². The van der Waals surface area contributed by atoms with E-state index < -0.39 is 6.10 Å². The Bertz CT molecular complexity index is 657. The fourth-order valence-corrected chi connectivity index (χ4v) is 2.22. The van der Waals surface area contributed by atoms with Gasteiger partial charge in [-0.25, -0.2) is 4.68 Å². The van der Waals surface area contributed by atoms with Gasteiger partial charge in [-0.2, -0.15) is 5.10 Å². The lowest BCUT2D eigenvalue weighted by atomic mass is 10.3. The van der Waals surface area contributed by atoms with Gasteiger partial charge in [0.2, 0.25) is 0 Å². The van der Waals surface area contributed by atoms with E-state index in [9.17, 15) is 9.90 Å². The van der Waals surface area contributed by atoms with Crippen molar-refractivity contribution in [1.82, 2.24) is 15.1 Å². The van der Waals surface area contributed by atoms with E-state index in [0.29, 0.717) is 10.7 Å². The maximum Gasteiger partial charge on any atom is 0.271 e. The number of nitrogens with zero attached hydrogens (tertiary/aromatic N) is 2. The highest BCUT2D eigenvalue weighted by molar-refractivity contribution is 6.32. The summed E-state index contributed by atoms with van der Waals surface area (Å²) >= 11 is 6.15. The number of carbonyl (C=O) groups excluding carboxylic acids is 1. The second kappa shape index (κ2) is 7.40. The van der Waals surface area contributed by atoms with Crippen LogP contribution >= 0.6 is 11.6 Å². The smallest absolute Gasteiger partial charge is 0.271 e. The van der Waals surface area contributed by atoms with Crippen LogP contribution in [0.5, 0.6) is 0 Å². The van der Waals surface area contributed by atoms with E-state index in [1.54, 1.807) is 16.8 Å². The number of methoxy groups -OCH3 is 1. The first kappa shape index (κ1) is 16.5. The van der Waals surface area contributed by atoms with Crippen LogP contribution in [-0.2, 0) is 4.74 Å². The minimum absolute atomic E-state index is 0.102. The third-order valence-corrected chi connectivity index (χ3v) is 3.38. The van der Waals surface area contributed by atoms with Crippen molar-refractivity contribution in [3.05, 3.63) is 46.7 Å². The van der Waals surface area contributed by atoms with Gasteiger partial charge in [-0.15, -0.1) is 0 Å². The molecule has 0 fully saturated rings. The first-order valence-corrected chi connectivity index (χ1v) is 7.17. The van der Waals surface area contributed by atoms with Gasteiger partial charge >= 0.3 is 0 Å². The van der Waals surface area contributed by atoms with E-state index in [1.807, 2.05) is 25.1 Å². The van der Waals surface area contributed by atoms with Crippen molar-refractivity contribution >= 4 is 17.5 Å². The van der Waals surface area contributed by atoms with Gasteiger partial charge in [-0.3, -0.25) is 4.79 Å². The number of aryl methyl sites for hydroxylation is 1. The third kappa shape index (κ3) is 3.85. The number of halogens is 1. The lowest BCUT2D eigenvalue weighted by Gasteiger charge is -2.09. The highest BCUT2D eigenvalue weighted by Gasteiger charge is 2.15. The zero-order valence-corrected chi connectivity index (χ0v) is 13.2. The highest BCUT2D eigenvalue weighted by Crippen LogP contribution is 2.21. The Morgan fingerprint density at radius 1 is 1.50 bits per heavy atom. The average Bonchev–Trinajstić information content (AvgIpc) is 2.87. The van der Waals surface area contributed by atoms with Crippen LogP contribution in [0.25, 0.3) is 5.69 Å². The first-order valence-electron chi connectivity index (χ1n) is 6.79. The molecule has 2 rings (SSSR count). The topological polar surface area (TPSA) is 76.4 Å².